The standard InChI is InChI=1S/C14H19NO5/c1-2-3-9-14(19,12(16)17)15-13(18)20-10-11-7-5-4-6-8-11/h4-8,19H,2-3,9-10H2,1H3,(H,15,18)(H,16,17). The maximum atomic E-state index is 11.5. The molecule has 3 N–H and O–H groups in total. The van der Waals surface area contributed by atoms with Crippen molar-refractivity contribution in [1.29, 1.82) is 0 Å². The first-order valence-electron chi connectivity index (χ1n) is 6.42. The van der Waals surface area contributed by atoms with Crippen LogP contribution < -0.4 is 5.32 Å². The van der Waals surface area contributed by atoms with Crippen molar-refractivity contribution in [2.45, 2.75) is 38.5 Å². The molecule has 0 spiro atoms. The van der Waals surface area contributed by atoms with Crippen LogP contribution in [0.3, 0.4) is 0 Å². The molecule has 0 fully saturated rings. The number of rotatable bonds is 7. The highest BCUT2D eigenvalue weighted by Gasteiger charge is 2.37. The third-order valence-corrected chi connectivity index (χ3v) is 2.77. The lowest BCUT2D eigenvalue weighted by molar-refractivity contribution is -0.162. The Morgan fingerprint density at radius 2 is 1.95 bits per heavy atom. The minimum Gasteiger partial charge on any atom is -0.478 e. The van der Waals surface area contributed by atoms with Gasteiger partial charge in [0, 0.05) is 6.42 Å². The molecule has 6 heteroatoms. The summed E-state index contributed by atoms with van der Waals surface area (Å²) < 4.78 is 4.88. The van der Waals surface area contributed by atoms with Gasteiger partial charge in [-0.2, -0.15) is 0 Å². The van der Waals surface area contributed by atoms with E-state index in [-0.39, 0.29) is 13.0 Å². The van der Waals surface area contributed by atoms with Crippen LogP contribution in [0.25, 0.3) is 0 Å². The van der Waals surface area contributed by atoms with Gasteiger partial charge in [-0.1, -0.05) is 43.7 Å². The van der Waals surface area contributed by atoms with Crippen molar-refractivity contribution in [3.8, 4) is 0 Å². The minimum atomic E-state index is -2.29. The summed E-state index contributed by atoms with van der Waals surface area (Å²) >= 11 is 0. The molecule has 0 aromatic heterocycles. The van der Waals surface area contributed by atoms with Gasteiger partial charge in [-0.05, 0) is 12.0 Å². The number of amides is 1. The Morgan fingerprint density at radius 3 is 2.50 bits per heavy atom. The second kappa shape index (κ2) is 7.49. The van der Waals surface area contributed by atoms with Gasteiger partial charge in [0.1, 0.15) is 6.61 Å². The Kier molecular flexibility index (Phi) is 5.99. The molecule has 20 heavy (non-hydrogen) atoms. The molecule has 1 unspecified atom stereocenters. The zero-order valence-electron chi connectivity index (χ0n) is 11.3. The van der Waals surface area contributed by atoms with E-state index in [0.29, 0.717) is 12.8 Å². The summed E-state index contributed by atoms with van der Waals surface area (Å²) in [5, 5.41) is 20.8. The Hall–Kier alpha value is -2.08. The summed E-state index contributed by atoms with van der Waals surface area (Å²) in [6, 6.07) is 8.97. The number of aliphatic hydroxyl groups is 1. The summed E-state index contributed by atoms with van der Waals surface area (Å²) in [6.45, 7) is 1.87. The molecule has 6 nitrogen and oxygen atoms in total. The molecule has 1 aromatic carbocycles. The second-order valence-corrected chi connectivity index (χ2v) is 4.46. The highest BCUT2D eigenvalue weighted by Crippen LogP contribution is 2.12. The van der Waals surface area contributed by atoms with Crippen molar-refractivity contribution in [1.82, 2.24) is 5.32 Å². The third-order valence-electron chi connectivity index (χ3n) is 2.77. The Bertz CT molecular complexity index is 448. The van der Waals surface area contributed by atoms with E-state index in [9.17, 15) is 14.7 Å². The molecule has 1 amide bonds. The number of carboxylic acids is 1. The second-order valence-electron chi connectivity index (χ2n) is 4.46. The van der Waals surface area contributed by atoms with Gasteiger partial charge in [0.05, 0.1) is 0 Å². The van der Waals surface area contributed by atoms with Gasteiger partial charge in [0.15, 0.2) is 0 Å². The molecule has 110 valence electrons. The number of alkyl carbamates (subject to hydrolysis) is 1. The molecule has 0 aliphatic rings. The van der Waals surface area contributed by atoms with E-state index in [0.717, 1.165) is 5.56 Å². The van der Waals surface area contributed by atoms with Crippen LogP contribution >= 0.6 is 0 Å². The van der Waals surface area contributed by atoms with Gasteiger partial charge >= 0.3 is 12.1 Å². The lowest BCUT2D eigenvalue weighted by Gasteiger charge is -2.24. The van der Waals surface area contributed by atoms with Gasteiger partial charge < -0.3 is 14.9 Å². The molecule has 0 saturated carbocycles. The fourth-order valence-electron chi connectivity index (χ4n) is 1.58. The summed E-state index contributed by atoms with van der Waals surface area (Å²) in [4.78, 5) is 22.6. The molecule has 1 atom stereocenters. The van der Waals surface area contributed by atoms with Crippen LogP contribution in [0.1, 0.15) is 31.7 Å². The number of carboxylic acid groups (broad SMARTS) is 1. The highest BCUT2D eigenvalue weighted by atomic mass is 16.6. The van der Waals surface area contributed by atoms with E-state index < -0.39 is 17.8 Å². The number of unbranched alkanes of at least 4 members (excludes halogenated alkanes) is 1. The number of nitrogens with one attached hydrogen (secondary N) is 1. The average Bonchev–Trinajstić information content (AvgIpc) is 2.44. The lowest BCUT2D eigenvalue weighted by Crippen LogP contribution is -2.54. The van der Waals surface area contributed by atoms with Gasteiger partial charge in [-0.25, -0.2) is 9.59 Å². The minimum absolute atomic E-state index is 0.0101. The largest absolute Gasteiger partial charge is 0.478 e. The first kappa shape index (κ1) is 16.0. The van der Waals surface area contributed by atoms with Crippen LogP contribution in [-0.2, 0) is 16.1 Å². The van der Waals surface area contributed by atoms with Gasteiger partial charge in [0.2, 0.25) is 5.72 Å². The quantitative estimate of drug-likeness (QED) is 0.663. The molecular weight excluding hydrogens is 262 g/mol. The van der Waals surface area contributed by atoms with Gasteiger partial charge in [0.25, 0.3) is 0 Å². The maximum absolute atomic E-state index is 11.5. The van der Waals surface area contributed by atoms with E-state index in [4.69, 9.17) is 9.84 Å². The molecule has 0 radical (unpaired) electrons. The van der Waals surface area contributed by atoms with Crippen LogP contribution in [0.5, 0.6) is 0 Å². The monoisotopic (exact) mass is 281 g/mol. The zero-order chi connectivity index (χ0) is 15.0. The lowest BCUT2D eigenvalue weighted by atomic mass is 10.1. The fourth-order valence-corrected chi connectivity index (χ4v) is 1.58. The summed E-state index contributed by atoms with van der Waals surface area (Å²) in [7, 11) is 0. The predicted molar refractivity (Wildman–Crippen MR) is 71.9 cm³/mol. The fraction of sp³-hybridized carbons (Fsp3) is 0.429. The van der Waals surface area contributed by atoms with Gasteiger partial charge in [-0.15, -0.1) is 0 Å². The summed E-state index contributed by atoms with van der Waals surface area (Å²) in [5.41, 5.74) is -1.51. The van der Waals surface area contributed by atoms with Crippen molar-refractivity contribution in [3.63, 3.8) is 0 Å². The number of benzene rings is 1. The van der Waals surface area contributed by atoms with E-state index in [2.05, 4.69) is 0 Å². The van der Waals surface area contributed by atoms with Crippen LogP contribution in [0.2, 0.25) is 0 Å². The topological polar surface area (TPSA) is 95.9 Å². The number of hydrogen-bond donors (Lipinski definition) is 3. The number of carbonyl (C=O) groups excluding carboxylic acids is 1. The van der Waals surface area contributed by atoms with E-state index >= 15 is 0 Å². The van der Waals surface area contributed by atoms with Crippen molar-refractivity contribution in [2.75, 3.05) is 0 Å². The van der Waals surface area contributed by atoms with E-state index in [1.54, 1.807) is 24.3 Å². The Balaban J connectivity index is 2.52. The van der Waals surface area contributed by atoms with Crippen LogP contribution in [0.4, 0.5) is 4.79 Å². The molecule has 1 aromatic rings. The Labute approximate surface area is 117 Å². The number of aliphatic carboxylic acids is 1. The molecule has 0 saturated heterocycles. The predicted octanol–water partition coefficient (Wildman–Crippen LogP) is 1.88. The van der Waals surface area contributed by atoms with Crippen molar-refractivity contribution in [3.05, 3.63) is 35.9 Å². The van der Waals surface area contributed by atoms with Crippen LogP contribution in [0.15, 0.2) is 30.3 Å². The average molecular weight is 281 g/mol. The Morgan fingerprint density at radius 1 is 1.30 bits per heavy atom. The first-order chi connectivity index (χ1) is 9.48. The molecule has 0 heterocycles. The number of hydrogen-bond acceptors (Lipinski definition) is 4. The molecule has 0 bridgehead atoms. The maximum Gasteiger partial charge on any atom is 0.410 e. The molecule has 1 rings (SSSR count). The molecular formula is C14H19NO5. The first-order valence-corrected chi connectivity index (χ1v) is 6.42. The SMILES string of the molecule is CCCCC(O)(NC(=O)OCc1ccccc1)C(=O)O. The van der Waals surface area contributed by atoms with Crippen molar-refractivity contribution < 1.29 is 24.5 Å². The smallest absolute Gasteiger partial charge is 0.410 e. The zero-order valence-corrected chi connectivity index (χ0v) is 11.3. The third kappa shape index (κ3) is 4.89. The number of ether oxygens (including phenoxy) is 1. The summed E-state index contributed by atoms with van der Waals surface area (Å²) in [5.74, 6) is -1.50. The molecule has 0 aliphatic carbocycles. The number of carbonyl (C=O) groups is 2. The van der Waals surface area contributed by atoms with Crippen LogP contribution in [0, 0.1) is 0 Å². The van der Waals surface area contributed by atoms with E-state index in [1.165, 1.54) is 0 Å². The van der Waals surface area contributed by atoms with Crippen molar-refractivity contribution in [2.24, 2.45) is 0 Å². The van der Waals surface area contributed by atoms with Gasteiger partial charge in [-0.3, -0.25) is 5.32 Å². The summed E-state index contributed by atoms with van der Waals surface area (Å²) in [6.07, 6.45) is 0.145. The highest BCUT2D eigenvalue weighted by molar-refractivity contribution is 5.82. The van der Waals surface area contributed by atoms with Crippen LogP contribution in [-0.4, -0.2) is 28.0 Å². The van der Waals surface area contributed by atoms with Crippen molar-refractivity contribution >= 4 is 12.1 Å². The van der Waals surface area contributed by atoms with E-state index in [1.807, 2.05) is 18.3 Å². The molecule has 0 aliphatic heterocycles. The normalized spacial score (nSPS) is 13.3.